The fourth-order valence-electron chi connectivity index (χ4n) is 4.33. The molecule has 0 aromatic heterocycles. The van der Waals surface area contributed by atoms with Crippen molar-refractivity contribution in [1.29, 1.82) is 0 Å². The lowest BCUT2D eigenvalue weighted by Gasteiger charge is -2.32. The number of benzene rings is 1. The predicted octanol–water partition coefficient (Wildman–Crippen LogP) is 3.11. The summed E-state index contributed by atoms with van der Waals surface area (Å²) in [5.41, 5.74) is 0.775. The number of hydrogen-bond donors (Lipinski definition) is 1. The van der Waals surface area contributed by atoms with Gasteiger partial charge in [0, 0.05) is 24.6 Å². The van der Waals surface area contributed by atoms with Gasteiger partial charge >= 0.3 is 0 Å². The molecule has 1 saturated heterocycles. The molecule has 1 amide bonds. The standard InChI is InChI=1S/C23H32N2O5/c1-15(2)20(26)18-19(16-9-8-10-17(29-3)22(16)30-4)25(23(28)21(18)27)14-13-24-11-6-5-7-12-24/h8-10,15,19,27H,5-7,11-14H2,1-4H3. The number of carbonyl (C=O) groups is 2. The maximum Gasteiger partial charge on any atom is 0.290 e. The Morgan fingerprint density at radius 3 is 2.43 bits per heavy atom. The second kappa shape index (κ2) is 9.51. The summed E-state index contributed by atoms with van der Waals surface area (Å²) >= 11 is 0. The van der Waals surface area contributed by atoms with E-state index in [0.717, 1.165) is 25.9 Å². The van der Waals surface area contributed by atoms with E-state index in [-0.39, 0.29) is 17.3 Å². The Morgan fingerprint density at radius 1 is 1.13 bits per heavy atom. The fourth-order valence-corrected chi connectivity index (χ4v) is 4.33. The van der Waals surface area contributed by atoms with Crippen LogP contribution in [0, 0.1) is 5.92 Å². The largest absolute Gasteiger partial charge is 0.503 e. The summed E-state index contributed by atoms with van der Waals surface area (Å²) in [5, 5.41) is 10.7. The molecule has 1 aromatic rings. The van der Waals surface area contributed by atoms with Gasteiger partial charge in [-0.1, -0.05) is 32.4 Å². The number of rotatable bonds is 8. The quantitative estimate of drug-likeness (QED) is 0.702. The van der Waals surface area contributed by atoms with Crippen molar-refractivity contribution >= 4 is 11.7 Å². The van der Waals surface area contributed by atoms with E-state index >= 15 is 0 Å². The van der Waals surface area contributed by atoms with Gasteiger partial charge in [0.25, 0.3) is 5.91 Å². The molecule has 0 radical (unpaired) electrons. The van der Waals surface area contributed by atoms with Gasteiger partial charge in [-0.3, -0.25) is 9.59 Å². The van der Waals surface area contributed by atoms with Crippen LogP contribution in [0.4, 0.5) is 0 Å². The van der Waals surface area contributed by atoms with E-state index < -0.39 is 17.7 Å². The van der Waals surface area contributed by atoms with Crippen LogP contribution in [0.3, 0.4) is 0 Å². The molecule has 164 valence electrons. The lowest BCUT2D eigenvalue weighted by molar-refractivity contribution is -0.129. The number of Topliss-reactive ketones (excluding diaryl/α,β-unsaturated/α-hetero) is 1. The number of ketones is 1. The molecule has 7 heteroatoms. The first kappa shape index (κ1) is 22.2. The van der Waals surface area contributed by atoms with Crippen LogP contribution in [0.1, 0.15) is 44.7 Å². The van der Waals surface area contributed by atoms with Crippen molar-refractivity contribution in [2.24, 2.45) is 5.92 Å². The van der Waals surface area contributed by atoms with Gasteiger partial charge in [-0.15, -0.1) is 0 Å². The zero-order chi connectivity index (χ0) is 21.8. The van der Waals surface area contributed by atoms with Gasteiger partial charge in [0.1, 0.15) is 0 Å². The summed E-state index contributed by atoms with van der Waals surface area (Å²) in [6.07, 6.45) is 3.54. The van der Waals surface area contributed by atoms with Crippen LogP contribution in [0.15, 0.2) is 29.5 Å². The van der Waals surface area contributed by atoms with Gasteiger partial charge in [-0.25, -0.2) is 0 Å². The molecule has 0 saturated carbocycles. The van der Waals surface area contributed by atoms with Crippen LogP contribution >= 0.6 is 0 Å². The highest BCUT2D eigenvalue weighted by molar-refractivity contribution is 6.09. The SMILES string of the molecule is COc1cccc(C2C(C(=O)C(C)C)=C(O)C(=O)N2CCN2CCCCC2)c1OC. The average Bonchev–Trinajstić information content (AvgIpc) is 3.01. The molecule has 3 rings (SSSR count). The Bertz CT molecular complexity index is 827. The highest BCUT2D eigenvalue weighted by atomic mass is 16.5. The van der Waals surface area contributed by atoms with Crippen molar-refractivity contribution in [2.75, 3.05) is 40.4 Å². The van der Waals surface area contributed by atoms with Crippen molar-refractivity contribution in [3.63, 3.8) is 0 Å². The first-order chi connectivity index (χ1) is 14.4. The lowest BCUT2D eigenvalue weighted by Crippen LogP contribution is -2.40. The van der Waals surface area contributed by atoms with Crippen molar-refractivity contribution in [3.8, 4) is 11.5 Å². The Hall–Kier alpha value is -2.54. The number of hydrogen-bond acceptors (Lipinski definition) is 6. The molecule has 1 N–H and O–H groups in total. The lowest BCUT2D eigenvalue weighted by atomic mass is 9.90. The minimum absolute atomic E-state index is 0.139. The predicted molar refractivity (Wildman–Crippen MR) is 114 cm³/mol. The second-order valence-electron chi connectivity index (χ2n) is 8.17. The molecule has 2 aliphatic rings. The third kappa shape index (κ3) is 4.17. The highest BCUT2D eigenvalue weighted by Crippen LogP contribution is 2.45. The number of ether oxygens (including phenoxy) is 2. The summed E-state index contributed by atoms with van der Waals surface area (Å²) in [4.78, 5) is 30.0. The van der Waals surface area contributed by atoms with Crippen molar-refractivity contribution in [1.82, 2.24) is 9.80 Å². The molecule has 30 heavy (non-hydrogen) atoms. The van der Waals surface area contributed by atoms with E-state index in [2.05, 4.69) is 4.90 Å². The molecule has 1 atom stereocenters. The summed E-state index contributed by atoms with van der Waals surface area (Å²) in [6, 6.07) is 4.68. The van der Waals surface area contributed by atoms with Gasteiger partial charge in [-0.05, 0) is 32.0 Å². The maximum absolute atomic E-state index is 13.0. The third-order valence-electron chi connectivity index (χ3n) is 5.93. The van der Waals surface area contributed by atoms with E-state index in [9.17, 15) is 14.7 Å². The Balaban J connectivity index is 2.02. The normalized spacial score (nSPS) is 20.2. The van der Waals surface area contributed by atoms with E-state index in [4.69, 9.17) is 9.47 Å². The number of piperidine rings is 1. The van der Waals surface area contributed by atoms with E-state index in [1.165, 1.54) is 13.5 Å². The molecule has 2 aliphatic heterocycles. The minimum atomic E-state index is -0.706. The van der Waals surface area contributed by atoms with E-state index in [0.29, 0.717) is 30.2 Å². The number of aliphatic hydroxyl groups is 1. The van der Waals surface area contributed by atoms with Crippen LogP contribution < -0.4 is 9.47 Å². The van der Waals surface area contributed by atoms with Crippen LogP contribution in [0.2, 0.25) is 0 Å². The van der Waals surface area contributed by atoms with Crippen LogP contribution in [-0.2, 0) is 9.59 Å². The Kier molecular flexibility index (Phi) is 7.02. The molecule has 7 nitrogen and oxygen atoms in total. The van der Waals surface area contributed by atoms with Gasteiger partial charge in [-0.2, -0.15) is 0 Å². The molecule has 1 aromatic carbocycles. The molecule has 1 fully saturated rings. The number of amides is 1. The van der Waals surface area contributed by atoms with Gasteiger partial charge in [0.2, 0.25) is 0 Å². The molecule has 0 bridgehead atoms. The summed E-state index contributed by atoms with van der Waals surface area (Å²) in [7, 11) is 3.08. The monoisotopic (exact) mass is 416 g/mol. The number of nitrogens with zero attached hydrogens (tertiary/aromatic N) is 2. The van der Waals surface area contributed by atoms with Crippen LogP contribution in [-0.4, -0.2) is 67.0 Å². The van der Waals surface area contributed by atoms with Gasteiger partial charge in [0.05, 0.1) is 25.8 Å². The Labute approximate surface area is 178 Å². The summed E-state index contributed by atoms with van der Waals surface area (Å²) < 4.78 is 11.0. The van der Waals surface area contributed by atoms with Crippen molar-refractivity contribution in [3.05, 3.63) is 35.1 Å². The highest BCUT2D eigenvalue weighted by Gasteiger charge is 2.45. The molecular formula is C23H32N2O5. The van der Waals surface area contributed by atoms with Crippen molar-refractivity contribution < 1.29 is 24.2 Å². The first-order valence-corrected chi connectivity index (χ1v) is 10.6. The molecule has 2 heterocycles. The van der Waals surface area contributed by atoms with Crippen molar-refractivity contribution in [2.45, 2.75) is 39.2 Å². The van der Waals surface area contributed by atoms with E-state index in [1.807, 2.05) is 6.07 Å². The molecule has 0 aliphatic carbocycles. The second-order valence-corrected chi connectivity index (χ2v) is 8.17. The van der Waals surface area contributed by atoms with E-state index in [1.54, 1.807) is 38.0 Å². The number of aliphatic hydroxyl groups excluding tert-OH is 1. The molecular weight excluding hydrogens is 384 g/mol. The topological polar surface area (TPSA) is 79.3 Å². The summed E-state index contributed by atoms with van der Waals surface area (Å²) in [6.45, 7) is 6.67. The zero-order valence-electron chi connectivity index (χ0n) is 18.3. The zero-order valence-corrected chi connectivity index (χ0v) is 18.3. The number of carbonyl (C=O) groups excluding carboxylic acids is 2. The Morgan fingerprint density at radius 2 is 1.83 bits per heavy atom. The molecule has 0 spiro atoms. The van der Waals surface area contributed by atoms with Gasteiger partial charge in [0.15, 0.2) is 23.0 Å². The van der Waals surface area contributed by atoms with Crippen LogP contribution in [0.25, 0.3) is 0 Å². The first-order valence-electron chi connectivity index (χ1n) is 10.6. The fraction of sp³-hybridized carbons (Fsp3) is 0.565. The summed E-state index contributed by atoms with van der Waals surface area (Å²) in [5.74, 6) is -0.578. The maximum atomic E-state index is 13.0. The number of likely N-dealkylation sites (tertiary alicyclic amines) is 1. The van der Waals surface area contributed by atoms with Gasteiger partial charge < -0.3 is 24.4 Å². The molecule has 1 unspecified atom stereocenters. The smallest absolute Gasteiger partial charge is 0.290 e. The van der Waals surface area contributed by atoms with Crippen LogP contribution in [0.5, 0.6) is 11.5 Å². The number of methoxy groups -OCH3 is 2. The number of para-hydroxylation sites is 1. The average molecular weight is 417 g/mol. The third-order valence-corrected chi connectivity index (χ3v) is 5.93. The minimum Gasteiger partial charge on any atom is -0.503 e.